The van der Waals surface area contributed by atoms with Crippen molar-refractivity contribution in [2.24, 2.45) is 5.73 Å². The molecule has 1 heterocycles. The molecule has 3 nitrogen and oxygen atoms in total. The van der Waals surface area contributed by atoms with Crippen LogP contribution in [0, 0.1) is 0 Å². The van der Waals surface area contributed by atoms with Gasteiger partial charge in [-0.2, -0.15) is 0 Å². The van der Waals surface area contributed by atoms with E-state index >= 15 is 0 Å². The van der Waals surface area contributed by atoms with E-state index < -0.39 is 0 Å². The maximum atomic E-state index is 6.21. The maximum Gasteiger partial charge on any atom is 0.112 e. The van der Waals surface area contributed by atoms with Crippen LogP contribution in [-0.2, 0) is 9.47 Å². The van der Waals surface area contributed by atoms with Gasteiger partial charge in [0.2, 0.25) is 0 Å². The van der Waals surface area contributed by atoms with Crippen LogP contribution in [0.15, 0.2) is 11.8 Å². The first-order valence-electron chi connectivity index (χ1n) is 5.86. The van der Waals surface area contributed by atoms with Crippen LogP contribution in [0.2, 0.25) is 0 Å². The molecule has 0 aromatic carbocycles. The SMILES string of the molecule is CCOC(C)(CC)C(N)C1=CCCCO1. The van der Waals surface area contributed by atoms with Gasteiger partial charge in [-0.05, 0) is 39.2 Å². The minimum Gasteiger partial charge on any atom is -0.496 e. The standard InChI is InChI=1S/C12H23NO2/c1-4-12(3,15-5-2)11(13)10-8-6-7-9-14-10/h8,11H,4-7,9,13H2,1-3H3. The van der Waals surface area contributed by atoms with Gasteiger partial charge in [-0.25, -0.2) is 0 Å². The zero-order valence-corrected chi connectivity index (χ0v) is 10.1. The lowest BCUT2D eigenvalue weighted by Gasteiger charge is -2.36. The Kier molecular flexibility index (Phi) is 4.61. The molecule has 2 unspecified atom stereocenters. The Morgan fingerprint density at radius 2 is 2.33 bits per heavy atom. The summed E-state index contributed by atoms with van der Waals surface area (Å²) in [6, 6.07) is -0.150. The van der Waals surface area contributed by atoms with E-state index in [1.807, 2.05) is 6.92 Å². The van der Waals surface area contributed by atoms with E-state index in [4.69, 9.17) is 15.2 Å². The van der Waals surface area contributed by atoms with E-state index in [0.29, 0.717) is 6.61 Å². The predicted molar refractivity (Wildman–Crippen MR) is 61.6 cm³/mol. The van der Waals surface area contributed by atoms with E-state index in [-0.39, 0.29) is 11.6 Å². The molecular weight excluding hydrogens is 190 g/mol. The quantitative estimate of drug-likeness (QED) is 0.761. The van der Waals surface area contributed by atoms with E-state index in [0.717, 1.165) is 31.6 Å². The Balaban J connectivity index is 2.70. The Hall–Kier alpha value is -0.540. The van der Waals surface area contributed by atoms with Gasteiger partial charge in [0, 0.05) is 6.61 Å². The summed E-state index contributed by atoms with van der Waals surface area (Å²) in [4.78, 5) is 0. The largest absolute Gasteiger partial charge is 0.496 e. The molecule has 0 aromatic heterocycles. The number of rotatable bonds is 5. The van der Waals surface area contributed by atoms with Gasteiger partial charge in [0.25, 0.3) is 0 Å². The minimum atomic E-state index is -0.308. The Morgan fingerprint density at radius 1 is 1.60 bits per heavy atom. The smallest absolute Gasteiger partial charge is 0.112 e. The van der Waals surface area contributed by atoms with Crippen LogP contribution in [0.5, 0.6) is 0 Å². The summed E-state index contributed by atoms with van der Waals surface area (Å²) in [6.45, 7) is 7.62. The lowest BCUT2D eigenvalue weighted by molar-refractivity contribution is -0.0505. The van der Waals surface area contributed by atoms with Crippen molar-refractivity contribution >= 4 is 0 Å². The predicted octanol–water partition coefficient (Wildman–Crippen LogP) is 2.21. The summed E-state index contributed by atoms with van der Waals surface area (Å²) < 4.78 is 11.3. The Bertz CT molecular complexity index is 228. The summed E-state index contributed by atoms with van der Waals surface area (Å²) in [6.07, 6.45) is 5.15. The normalized spacial score (nSPS) is 22.5. The van der Waals surface area contributed by atoms with E-state index in [1.165, 1.54) is 0 Å². The van der Waals surface area contributed by atoms with E-state index in [9.17, 15) is 0 Å². The van der Waals surface area contributed by atoms with Gasteiger partial charge in [-0.15, -0.1) is 0 Å². The molecule has 88 valence electrons. The number of allylic oxidation sites excluding steroid dienone is 1. The molecule has 3 heteroatoms. The zero-order chi connectivity index (χ0) is 11.3. The highest BCUT2D eigenvalue weighted by atomic mass is 16.5. The fourth-order valence-corrected chi connectivity index (χ4v) is 1.84. The monoisotopic (exact) mass is 213 g/mol. The van der Waals surface area contributed by atoms with Crippen LogP contribution in [0.25, 0.3) is 0 Å². The molecular formula is C12H23NO2. The second kappa shape index (κ2) is 5.52. The molecule has 0 spiro atoms. The molecule has 0 fully saturated rings. The van der Waals surface area contributed by atoms with Gasteiger partial charge >= 0.3 is 0 Å². The summed E-state index contributed by atoms with van der Waals surface area (Å²) in [5, 5.41) is 0. The van der Waals surface area contributed by atoms with Crippen molar-refractivity contribution in [2.45, 2.75) is 51.7 Å². The molecule has 0 aliphatic carbocycles. The topological polar surface area (TPSA) is 44.5 Å². The lowest BCUT2D eigenvalue weighted by atomic mass is 9.91. The van der Waals surface area contributed by atoms with Gasteiger partial charge in [-0.1, -0.05) is 6.92 Å². The molecule has 1 aliphatic rings. The van der Waals surface area contributed by atoms with E-state index in [2.05, 4.69) is 19.9 Å². The molecule has 0 amide bonds. The average molecular weight is 213 g/mol. The molecule has 0 bridgehead atoms. The van der Waals surface area contributed by atoms with Crippen molar-refractivity contribution in [3.8, 4) is 0 Å². The van der Waals surface area contributed by atoms with Crippen LogP contribution in [0.3, 0.4) is 0 Å². The minimum absolute atomic E-state index is 0.150. The van der Waals surface area contributed by atoms with Gasteiger partial charge in [-0.3, -0.25) is 0 Å². The van der Waals surface area contributed by atoms with Gasteiger partial charge in [0.05, 0.1) is 18.2 Å². The molecule has 2 N–H and O–H groups in total. The summed E-state index contributed by atoms with van der Waals surface area (Å²) in [5.41, 5.74) is 5.90. The molecule has 0 aromatic rings. The van der Waals surface area contributed by atoms with Crippen molar-refractivity contribution in [2.75, 3.05) is 13.2 Å². The Labute approximate surface area is 92.6 Å². The first-order valence-corrected chi connectivity index (χ1v) is 5.86. The van der Waals surface area contributed by atoms with Crippen LogP contribution in [-0.4, -0.2) is 24.9 Å². The summed E-state index contributed by atoms with van der Waals surface area (Å²) in [5.74, 6) is 0.902. The zero-order valence-electron chi connectivity index (χ0n) is 10.1. The van der Waals surface area contributed by atoms with Crippen molar-refractivity contribution < 1.29 is 9.47 Å². The first-order chi connectivity index (χ1) is 7.14. The van der Waals surface area contributed by atoms with Gasteiger partial charge in [0.15, 0.2) is 0 Å². The number of hydrogen-bond donors (Lipinski definition) is 1. The third kappa shape index (κ3) is 2.95. The highest BCUT2D eigenvalue weighted by Crippen LogP contribution is 2.26. The van der Waals surface area contributed by atoms with Crippen molar-refractivity contribution in [3.63, 3.8) is 0 Å². The van der Waals surface area contributed by atoms with Crippen molar-refractivity contribution in [1.82, 2.24) is 0 Å². The molecule has 1 aliphatic heterocycles. The van der Waals surface area contributed by atoms with Crippen molar-refractivity contribution in [3.05, 3.63) is 11.8 Å². The van der Waals surface area contributed by atoms with Gasteiger partial charge in [0.1, 0.15) is 5.76 Å². The summed E-state index contributed by atoms with van der Waals surface area (Å²) >= 11 is 0. The number of hydrogen-bond acceptors (Lipinski definition) is 3. The summed E-state index contributed by atoms with van der Waals surface area (Å²) in [7, 11) is 0. The lowest BCUT2D eigenvalue weighted by Crippen LogP contribution is -2.49. The van der Waals surface area contributed by atoms with Crippen LogP contribution in [0.4, 0.5) is 0 Å². The highest BCUT2D eigenvalue weighted by molar-refractivity contribution is 5.11. The third-order valence-corrected chi connectivity index (χ3v) is 3.10. The second-order valence-electron chi connectivity index (χ2n) is 4.17. The molecule has 0 radical (unpaired) electrons. The number of nitrogens with two attached hydrogens (primary N) is 1. The Morgan fingerprint density at radius 3 is 2.80 bits per heavy atom. The average Bonchev–Trinajstić information content (AvgIpc) is 2.29. The molecule has 0 saturated carbocycles. The molecule has 0 saturated heterocycles. The van der Waals surface area contributed by atoms with Crippen LogP contribution >= 0.6 is 0 Å². The molecule has 1 rings (SSSR count). The number of ether oxygens (including phenoxy) is 2. The maximum absolute atomic E-state index is 6.21. The highest BCUT2D eigenvalue weighted by Gasteiger charge is 2.34. The molecule has 15 heavy (non-hydrogen) atoms. The van der Waals surface area contributed by atoms with Gasteiger partial charge < -0.3 is 15.2 Å². The first kappa shape index (κ1) is 12.5. The van der Waals surface area contributed by atoms with Crippen LogP contribution in [0.1, 0.15) is 40.0 Å². The third-order valence-electron chi connectivity index (χ3n) is 3.10. The fraction of sp³-hybridized carbons (Fsp3) is 0.833. The van der Waals surface area contributed by atoms with Crippen molar-refractivity contribution in [1.29, 1.82) is 0 Å². The van der Waals surface area contributed by atoms with E-state index in [1.54, 1.807) is 0 Å². The van der Waals surface area contributed by atoms with Crippen LogP contribution < -0.4 is 5.73 Å². The second-order valence-corrected chi connectivity index (χ2v) is 4.17. The fourth-order valence-electron chi connectivity index (χ4n) is 1.84. The molecule has 2 atom stereocenters.